The number of nitrogens with zero attached hydrogens (tertiary/aromatic N) is 2. The summed E-state index contributed by atoms with van der Waals surface area (Å²) in [4.78, 5) is 43.1. The van der Waals surface area contributed by atoms with E-state index in [1.54, 1.807) is 25.1 Å². The molecule has 3 amide bonds. The van der Waals surface area contributed by atoms with E-state index in [-0.39, 0.29) is 42.1 Å². The van der Waals surface area contributed by atoms with Crippen molar-refractivity contribution in [3.8, 4) is 0 Å². The average molecular weight is 412 g/mol. The molecule has 1 aromatic heterocycles. The van der Waals surface area contributed by atoms with Crippen LogP contribution in [0.2, 0.25) is 0 Å². The maximum atomic E-state index is 13.4. The second-order valence-corrected chi connectivity index (χ2v) is 7.23. The van der Waals surface area contributed by atoms with E-state index in [1.165, 1.54) is 6.92 Å². The Bertz CT molecular complexity index is 713. The minimum absolute atomic E-state index is 0. The van der Waals surface area contributed by atoms with Gasteiger partial charge in [0, 0.05) is 19.7 Å². The fraction of sp³-hybridized carbons (Fsp3) is 0.579. The van der Waals surface area contributed by atoms with Crippen LogP contribution < -0.4 is 20.9 Å². The minimum Gasteiger partial charge on any atom is -0.354 e. The number of rotatable bonds is 7. The summed E-state index contributed by atoms with van der Waals surface area (Å²) >= 11 is 0. The van der Waals surface area contributed by atoms with Crippen LogP contribution in [0, 0.1) is 5.92 Å². The third-order valence-electron chi connectivity index (χ3n) is 4.80. The molecule has 1 aromatic rings. The number of amides is 3. The summed E-state index contributed by atoms with van der Waals surface area (Å²) in [6.07, 6.45) is 2.26. The third kappa shape index (κ3) is 5.42. The maximum Gasteiger partial charge on any atom is 0.251 e. The number of hydrogen-bond donors (Lipinski definition) is 3. The van der Waals surface area contributed by atoms with Gasteiger partial charge >= 0.3 is 0 Å². The molecule has 0 bridgehead atoms. The summed E-state index contributed by atoms with van der Waals surface area (Å²) in [5, 5.41) is 8.52. The Morgan fingerprint density at radius 3 is 2.54 bits per heavy atom. The number of likely N-dealkylation sites (N-methyl/N-ethyl adjacent to an activating group) is 1. The molecule has 2 rings (SSSR count). The quantitative estimate of drug-likeness (QED) is 0.611. The summed E-state index contributed by atoms with van der Waals surface area (Å²) in [6, 6.07) is 2.45. The molecule has 2 heterocycles. The first kappa shape index (κ1) is 23.8. The number of carbonyl (C=O) groups excluding carboxylic acids is 3. The molecule has 28 heavy (non-hydrogen) atoms. The van der Waals surface area contributed by atoms with Gasteiger partial charge in [-0.1, -0.05) is 19.9 Å². The lowest BCUT2D eigenvalue weighted by molar-refractivity contribution is -0.129. The largest absolute Gasteiger partial charge is 0.354 e. The van der Waals surface area contributed by atoms with E-state index in [2.05, 4.69) is 20.9 Å². The maximum absolute atomic E-state index is 13.4. The standard InChI is InChI=1S/C19H29N5O3.ClH/c1-11(2)16(23-18(26)12(3)20-5)19(27)24-15(10-22-13(4)25)9-14-7-6-8-21-17(14)24;/h6-8,11-12,15-16,20H,9-10H2,1-5H3,(H,22,25)(H,23,26);1H/t12-,15-,16?;/m0./s1. The Balaban J connectivity index is 0.00000392. The van der Waals surface area contributed by atoms with Crippen LogP contribution in [-0.2, 0) is 20.8 Å². The third-order valence-corrected chi connectivity index (χ3v) is 4.80. The fourth-order valence-corrected chi connectivity index (χ4v) is 3.11. The zero-order valence-electron chi connectivity index (χ0n) is 17.0. The molecule has 0 saturated carbocycles. The molecule has 0 radical (unpaired) electrons. The molecule has 3 atom stereocenters. The van der Waals surface area contributed by atoms with Crippen molar-refractivity contribution in [1.82, 2.24) is 20.9 Å². The average Bonchev–Trinajstić information content (AvgIpc) is 3.01. The Morgan fingerprint density at radius 2 is 1.96 bits per heavy atom. The van der Waals surface area contributed by atoms with Crippen LogP contribution in [0.1, 0.15) is 33.3 Å². The van der Waals surface area contributed by atoms with E-state index in [0.29, 0.717) is 18.8 Å². The molecule has 0 aromatic carbocycles. The first-order chi connectivity index (χ1) is 12.8. The summed E-state index contributed by atoms with van der Waals surface area (Å²) < 4.78 is 0. The highest BCUT2D eigenvalue weighted by Crippen LogP contribution is 2.31. The monoisotopic (exact) mass is 411 g/mol. The number of pyridine rings is 1. The molecule has 9 heteroatoms. The summed E-state index contributed by atoms with van der Waals surface area (Å²) in [5.41, 5.74) is 0.957. The van der Waals surface area contributed by atoms with Crippen LogP contribution in [0.5, 0.6) is 0 Å². The number of hydrogen-bond acceptors (Lipinski definition) is 5. The normalized spacial score (nSPS) is 17.4. The minimum atomic E-state index is -0.680. The second-order valence-electron chi connectivity index (χ2n) is 7.23. The van der Waals surface area contributed by atoms with Crippen molar-refractivity contribution in [3.05, 3.63) is 23.9 Å². The molecule has 1 aliphatic heterocycles. The van der Waals surface area contributed by atoms with Crippen molar-refractivity contribution in [2.24, 2.45) is 5.92 Å². The predicted molar refractivity (Wildman–Crippen MR) is 110 cm³/mol. The zero-order chi connectivity index (χ0) is 20.1. The van der Waals surface area contributed by atoms with E-state index >= 15 is 0 Å². The van der Waals surface area contributed by atoms with E-state index in [9.17, 15) is 14.4 Å². The smallest absolute Gasteiger partial charge is 0.251 e. The van der Waals surface area contributed by atoms with Crippen LogP contribution in [0.4, 0.5) is 5.82 Å². The summed E-state index contributed by atoms with van der Waals surface area (Å²) in [6.45, 7) is 7.31. The van der Waals surface area contributed by atoms with Gasteiger partial charge in [-0.05, 0) is 37.9 Å². The lowest BCUT2D eigenvalue weighted by Gasteiger charge is -2.31. The van der Waals surface area contributed by atoms with Gasteiger partial charge in [0.05, 0.1) is 12.1 Å². The van der Waals surface area contributed by atoms with Crippen molar-refractivity contribution in [1.29, 1.82) is 0 Å². The molecule has 3 N–H and O–H groups in total. The lowest BCUT2D eigenvalue weighted by atomic mass is 10.0. The number of halogens is 1. The number of fused-ring (bicyclic) bond motifs is 1. The van der Waals surface area contributed by atoms with Crippen molar-refractivity contribution in [2.45, 2.75) is 52.2 Å². The number of carbonyl (C=O) groups is 3. The van der Waals surface area contributed by atoms with E-state index in [4.69, 9.17) is 0 Å². The number of nitrogens with one attached hydrogen (secondary N) is 3. The van der Waals surface area contributed by atoms with Gasteiger partial charge in [0.15, 0.2) is 0 Å². The molecule has 1 aliphatic rings. The van der Waals surface area contributed by atoms with Crippen molar-refractivity contribution in [2.75, 3.05) is 18.5 Å². The molecular formula is C19H30ClN5O3. The highest BCUT2D eigenvalue weighted by Gasteiger charge is 2.39. The van der Waals surface area contributed by atoms with Crippen molar-refractivity contribution < 1.29 is 14.4 Å². The molecule has 0 fully saturated rings. The Hall–Kier alpha value is -2.19. The van der Waals surface area contributed by atoms with E-state index in [1.807, 2.05) is 26.0 Å². The molecular weight excluding hydrogens is 382 g/mol. The zero-order valence-corrected chi connectivity index (χ0v) is 17.8. The van der Waals surface area contributed by atoms with Crippen molar-refractivity contribution >= 4 is 35.9 Å². The summed E-state index contributed by atoms with van der Waals surface area (Å²) in [7, 11) is 1.69. The van der Waals surface area contributed by atoms with E-state index < -0.39 is 12.1 Å². The van der Waals surface area contributed by atoms with Gasteiger partial charge < -0.3 is 16.0 Å². The lowest BCUT2D eigenvalue weighted by Crippen LogP contribution is -2.57. The molecule has 0 saturated heterocycles. The molecule has 156 valence electrons. The van der Waals surface area contributed by atoms with Gasteiger partial charge in [-0.2, -0.15) is 0 Å². The van der Waals surface area contributed by atoms with Crippen LogP contribution in [0.25, 0.3) is 0 Å². The Kier molecular flexibility index (Phi) is 8.84. The van der Waals surface area contributed by atoms with Crippen LogP contribution >= 0.6 is 12.4 Å². The van der Waals surface area contributed by atoms with Gasteiger partial charge in [-0.15, -0.1) is 12.4 Å². The first-order valence-electron chi connectivity index (χ1n) is 9.25. The molecule has 0 aliphatic carbocycles. The summed E-state index contributed by atoms with van der Waals surface area (Å²) in [5.74, 6) is -0.0974. The second kappa shape index (κ2) is 10.4. The molecule has 8 nitrogen and oxygen atoms in total. The van der Waals surface area contributed by atoms with Gasteiger partial charge in [0.2, 0.25) is 11.8 Å². The van der Waals surface area contributed by atoms with E-state index in [0.717, 1.165) is 5.56 Å². The predicted octanol–water partition coefficient (Wildman–Crippen LogP) is 0.646. The van der Waals surface area contributed by atoms with Crippen LogP contribution in [-0.4, -0.2) is 54.4 Å². The van der Waals surface area contributed by atoms with Gasteiger partial charge in [0.1, 0.15) is 11.9 Å². The van der Waals surface area contributed by atoms with Crippen molar-refractivity contribution in [3.63, 3.8) is 0 Å². The number of anilines is 1. The van der Waals surface area contributed by atoms with Crippen LogP contribution in [0.3, 0.4) is 0 Å². The first-order valence-corrected chi connectivity index (χ1v) is 9.25. The number of aromatic nitrogens is 1. The highest BCUT2D eigenvalue weighted by atomic mass is 35.5. The topological polar surface area (TPSA) is 103 Å². The van der Waals surface area contributed by atoms with Gasteiger partial charge in [-0.3, -0.25) is 19.3 Å². The SMILES string of the molecule is CN[C@@H](C)C(=O)NC(C(=O)N1c2ncccc2C[C@H]1CNC(C)=O)C(C)C.Cl. The fourth-order valence-electron chi connectivity index (χ4n) is 3.11. The van der Waals surface area contributed by atoms with Gasteiger partial charge in [0.25, 0.3) is 5.91 Å². The highest BCUT2D eigenvalue weighted by molar-refractivity contribution is 6.01. The van der Waals surface area contributed by atoms with Crippen LogP contribution in [0.15, 0.2) is 18.3 Å². The van der Waals surface area contributed by atoms with Gasteiger partial charge in [-0.25, -0.2) is 4.98 Å². The molecule has 1 unspecified atom stereocenters. The molecule has 0 spiro atoms. The Labute approximate surface area is 172 Å². The Morgan fingerprint density at radius 1 is 1.29 bits per heavy atom.